The highest BCUT2D eigenvalue weighted by atomic mass is 32.1. The maximum absolute atomic E-state index is 13.5. The third-order valence-corrected chi connectivity index (χ3v) is 3.82. The molecule has 0 fully saturated rings. The second-order valence-electron chi connectivity index (χ2n) is 6.09. The molecule has 3 aromatic rings. The lowest BCUT2D eigenvalue weighted by Crippen LogP contribution is -2.07. The van der Waals surface area contributed by atoms with Gasteiger partial charge in [0.1, 0.15) is 31.2 Å². The summed E-state index contributed by atoms with van der Waals surface area (Å²) in [6.07, 6.45) is 1.41. The van der Waals surface area contributed by atoms with E-state index >= 15 is 0 Å². The number of aryl methyl sites for hydroxylation is 1. The van der Waals surface area contributed by atoms with Crippen molar-refractivity contribution in [2.45, 2.75) is 13.8 Å². The first-order valence-electron chi connectivity index (χ1n) is 9.44. The first kappa shape index (κ1) is 23.7. The number of rotatable bonds is 8. The third-order valence-electron chi connectivity index (χ3n) is 3.82. The number of hydrogen-bond donors (Lipinski definition) is 4. The van der Waals surface area contributed by atoms with Gasteiger partial charge in [-0.15, -0.1) is 0 Å². The Balaban J connectivity index is 0.00000101. The van der Waals surface area contributed by atoms with Gasteiger partial charge in [-0.05, 0) is 42.5 Å². The van der Waals surface area contributed by atoms with Crippen LogP contribution in [0.4, 0.5) is 15.9 Å². The second kappa shape index (κ2) is 12.2. The van der Waals surface area contributed by atoms with E-state index in [1.165, 1.54) is 12.4 Å². The zero-order valence-electron chi connectivity index (χ0n) is 16.9. The number of nitrogens with zero attached hydrogens (tertiary/aromatic N) is 2. The fourth-order valence-electron chi connectivity index (χ4n) is 2.56. The van der Waals surface area contributed by atoms with Gasteiger partial charge in [0.05, 0.1) is 18.7 Å². The number of aliphatic hydroxyl groups is 2. The molecule has 0 aliphatic carbocycles. The fraction of sp³-hybridized carbons (Fsp3) is 0.333. The molecule has 0 amide bonds. The number of benzene rings is 2. The van der Waals surface area contributed by atoms with Crippen molar-refractivity contribution in [3.8, 4) is 11.5 Å². The molecule has 162 valence electrons. The average molecular weight is 436 g/mol. The van der Waals surface area contributed by atoms with Gasteiger partial charge in [-0.2, -0.15) is 12.6 Å². The molecule has 2 aromatic carbocycles. The highest BCUT2D eigenvalue weighted by Gasteiger charge is 2.13. The van der Waals surface area contributed by atoms with E-state index in [2.05, 4.69) is 27.9 Å². The van der Waals surface area contributed by atoms with Crippen LogP contribution in [0.2, 0.25) is 0 Å². The Morgan fingerprint density at radius 3 is 2.27 bits per heavy atom. The first-order chi connectivity index (χ1) is 14.5. The smallest absolute Gasteiger partial charge is 0.163 e. The van der Waals surface area contributed by atoms with Crippen LogP contribution in [0.1, 0.15) is 12.5 Å². The number of aliphatic hydroxyl groups excluding tert-OH is 2. The molecule has 7 nitrogen and oxygen atoms in total. The van der Waals surface area contributed by atoms with Gasteiger partial charge in [0, 0.05) is 17.1 Å². The van der Waals surface area contributed by atoms with Crippen LogP contribution in [-0.4, -0.2) is 52.4 Å². The van der Waals surface area contributed by atoms with E-state index in [4.69, 9.17) is 19.7 Å². The van der Waals surface area contributed by atoms with Crippen molar-refractivity contribution in [1.29, 1.82) is 0 Å². The fourth-order valence-corrected chi connectivity index (χ4v) is 2.56. The van der Waals surface area contributed by atoms with Crippen LogP contribution in [0.15, 0.2) is 36.7 Å². The van der Waals surface area contributed by atoms with Gasteiger partial charge in [-0.3, -0.25) is 0 Å². The second-order valence-corrected chi connectivity index (χ2v) is 6.72. The molecule has 3 N–H and O–H groups in total. The standard InChI is InChI=1S/C19H20FN3O4.C2H6S/c1-12-8-13(2-3-15(12)20)23-19-14-9-17(26-6-4-24)18(27-7-5-25)10-16(14)21-11-22-19;1-2-3/h2-3,8-11,24-25H,4-7H2,1H3,(H,21,22,23);3H,2H2,1H3. The van der Waals surface area contributed by atoms with Gasteiger partial charge in [-0.25, -0.2) is 14.4 Å². The molecule has 0 atom stereocenters. The highest BCUT2D eigenvalue weighted by molar-refractivity contribution is 7.80. The monoisotopic (exact) mass is 435 g/mol. The van der Waals surface area contributed by atoms with E-state index in [0.29, 0.717) is 39.5 Å². The number of nitrogens with one attached hydrogen (secondary N) is 1. The van der Waals surface area contributed by atoms with Crippen molar-refractivity contribution >= 4 is 35.0 Å². The molecular formula is C21H26FN3O4S. The van der Waals surface area contributed by atoms with Gasteiger partial charge in [0.15, 0.2) is 11.5 Å². The van der Waals surface area contributed by atoms with E-state index in [1.54, 1.807) is 31.2 Å². The van der Waals surface area contributed by atoms with Gasteiger partial charge < -0.3 is 25.0 Å². The van der Waals surface area contributed by atoms with Gasteiger partial charge in [0.2, 0.25) is 0 Å². The van der Waals surface area contributed by atoms with E-state index in [9.17, 15) is 4.39 Å². The summed E-state index contributed by atoms with van der Waals surface area (Å²) in [5.74, 6) is 2.00. The SMILES string of the molecule is CCS.Cc1cc(Nc2ncnc3cc(OCCO)c(OCCO)cc23)ccc1F. The Hall–Kier alpha value is -2.62. The van der Waals surface area contributed by atoms with E-state index < -0.39 is 0 Å². The summed E-state index contributed by atoms with van der Waals surface area (Å²) in [4.78, 5) is 8.51. The molecule has 0 saturated heterocycles. The number of aromatic nitrogens is 2. The number of ether oxygens (including phenoxy) is 2. The summed E-state index contributed by atoms with van der Waals surface area (Å²) >= 11 is 3.79. The van der Waals surface area contributed by atoms with Crippen molar-refractivity contribution in [1.82, 2.24) is 9.97 Å². The zero-order valence-corrected chi connectivity index (χ0v) is 17.8. The molecule has 0 saturated carbocycles. The van der Waals surface area contributed by atoms with Crippen molar-refractivity contribution in [3.63, 3.8) is 0 Å². The summed E-state index contributed by atoms with van der Waals surface area (Å²) in [7, 11) is 0. The third kappa shape index (κ3) is 6.45. The van der Waals surface area contributed by atoms with E-state index in [0.717, 1.165) is 5.75 Å². The Morgan fingerprint density at radius 1 is 1.03 bits per heavy atom. The summed E-state index contributed by atoms with van der Waals surface area (Å²) in [6, 6.07) is 8.08. The molecule has 1 aromatic heterocycles. The van der Waals surface area contributed by atoms with Crippen LogP contribution >= 0.6 is 12.6 Å². The predicted octanol–water partition coefficient (Wildman–Crippen LogP) is 3.50. The van der Waals surface area contributed by atoms with Crippen LogP contribution in [0.25, 0.3) is 10.9 Å². The summed E-state index contributed by atoms with van der Waals surface area (Å²) in [6.45, 7) is 3.58. The topological polar surface area (TPSA) is 96.7 Å². The predicted molar refractivity (Wildman–Crippen MR) is 119 cm³/mol. The molecule has 0 spiro atoms. The zero-order chi connectivity index (χ0) is 21.9. The van der Waals surface area contributed by atoms with Crippen molar-refractivity contribution < 1.29 is 24.1 Å². The minimum atomic E-state index is -0.279. The number of hydrogen-bond acceptors (Lipinski definition) is 8. The van der Waals surface area contributed by atoms with Crippen molar-refractivity contribution in [2.24, 2.45) is 0 Å². The normalized spacial score (nSPS) is 10.3. The van der Waals surface area contributed by atoms with Crippen LogP contribution in [0.5, 0.6) is 11.5 Å². The molecular weight excluding hydrogens is 409 g/mol. The number of fused-ring (bicyclic) bond motifs is 1. The lowest BCUT2D eigenvalue weighted by atomic mass is 10.2. The maximum Gasteiger partial charge on any atom is 0.163 e. The molecule has 30 heavy (non-hydrogen) atoms. The molecule has 9 heteroatoms. The molecule has 0 aliphatic heterocycles. The van der Waals surface area contributed by atoms with Crippen LogP contribution in [0, 0.1) is 12.7 Å². The molecule has 0 bridgehead atoms. The summed E-state index contributed by atoms with van der Waals surface area (Å²) in [5.41, 5.74) is 1.81. The Bertz CT molecular complexity index is 959. The minimum Gasteiger partial charge on any atom is -0.487 e. The summed E-state index contributed by atoms with van der Waals surface area (Å²) < 4.78 is 24.5. The summed E-state index contributed by atoms with van der Waals surface area (Å²) in [5, 5.41) is 21.8. The lowest BCUT2D eigenvalue weighted by Gasteiger charge is -2.14. The Labute approximate surface area is 180 Å². The van der Waals surface area contributed by atoms with E-state index in [-0.39, 0.29) is 32.2 Å². The van der Waals surface area contributed by atoms with Crippen LogP contribution in [0.3, 0.4) is 0 Å². The highest BCUT2D eigenvalue weighted by Crippen LogP contribution is 2.35. The van der Waals surface area contributed by atoms with Gasteiger partial charge >= 0.3 is 0 Å². The number of anilines is 2. The molecule has 0 aliphatic rings. The first-order valence-corrected chi connectivity index (χ1v) is 10.1. The van der Waals surface area contributed by atoms with Gasteiger partial charge in [0.25, 0.3) is 0 Å². The lowest BCUT2D eigenvalue weighted by molar-refractivity contribution is 0.178. The van der Waals surface area contributed by atoms with Crippen LogP contribution < -0.4 is 14.8 Å². The van der Waals surface area contributed by atoms with Gasteiger partial charge in [-0.1, -0.05) is 6.92 Å². The molecule has 0 radical (unpaired) electrons. The Kier molecular flexibility index (Phi) is 9.59. The quantitative estimate of drug-likeness (QED) is 0.402. The molecule has 3 rings (SSSR count). The van der Waals surface area contributed by atoms with Crippen LogP contribution in [-0.2, 0) is 0 Å². The minimum absolute atomic E-state index is 0.0919. The average Bonchev–Trinajstić information content (AvgIpc) is 2.74. The maximum atomic E-state index is 13.5. The largest absolute Gasteiger partial charge is 0.487 e. The van der Waals surface area contributed by atoms with Crippen molar-refractivity contribution in [3.05, 3.63) is 48.0 Å². The molecule has 0 unspecified atom stereocenters. The Morgan fingerprint density at radius 2 is 1.67 bits per heavy atom. The molecule has 1 heterocycles. The van der Waals surface area contributed by atoms with E-state index in [1.807, 2.05) is 6.92 Å². The number of thiol groups is 1. The number of halogens is 1. The van der Waals surface area contributed by atoms with Crippen molar-refractivity contribution in [2.75, 3.05) is 37.5 Å².